The lowest BCUT2D eigenvalue weighted by molar-refractivity contribution is 0.0450. The van der Waals surface area contributed by atoms with Crippen LogP contribution in [0.5, 0.6) is 0 Å². The number of ether oxygens (including phenoxy) is 1. The molecule has 0 amide bonds. The molecule has 0 unspecified atom stereocenters. The van der Waals surface area contributed by atoms with Gasteiger partial charge in [0, 0.05) is 5.56 Å². The molecule has 0 aliphatic carbocycles. The standard InChI is InChI=1S/C12H17NO2/c1-10(14)12-6-4-5-11(7-12)8-15-9-13(2)3/h4-7H,8-9H2,1-3H3. The second kappa shape index (κ2) is 5.63. The lowest BCUT2D eigenvalue weighted by Gasteiger charge is -2.10. The minimum Gasteiger partial charge on any atom is -0.361 e. The molecule has 0 N–H and O–H groups in total. The monoisotopic (exact) mass is 207 g/mol. The van der Waals surface area contributed by atoms with Crippen molar-refractivity contribution in [2.24, 2.45) is 0 Å². The molecule has 15 heavy (non-hydrogen) atoms. The van der Waals surface area contributed by atoms with E-state index in [1.165, 1.54) is 0 Å². The van der Waals surface area contributed by atoms with E-state index in [2.05, 4.69) is 0 Å². The van der Waals surface area contributed by atoms with Crippen molar-refractivity contribution in [3.8, 4) is 0 Å². The molecule has 1 rings (SSSR count). The van der Waals surface area contributed by atoms with Crippen LogP contribution in [-0.4, -0.2) is 31.5 Å². The molecule has 0 atom stereocenters. The van der Waals surface area contributed by atoms with Crippen LogP contribution in [0, 0.1) is 0 Å². The maximum atomic E-state index is 11.1. The van der Waals surface area contributed by atoms with Gasteiger partial charge in [0.1, 0.15) is 0 Å². The number of rotatable bonds is 5. The van der Waals surface area contributed by atoms with E-state index in [1.807, 2.05) is 43.3 Å². The molecule has 1 aromatic rings. The van der Waals surface area contributed by atoms with Crippen molar-refractivity contribution in [3.05, 3.63) is 35.4 Å². The molecule has 0 heterocycles. The van der Waals surface area contributed by atoms with Crippen LogP contribution in [0.1, 0.15) is 22.8 Å². The van der Waals surface area contributed by atoms with Gasteiger partial charge in [0.25, 0.3) is 0 Å². The molecule has 3 heteroatoms. The third-order valence-corrected chi connectivity index (χ3v) is 1.95. The lowest BCUT2D eigenvalue weighted by atomic mass is 10.1. The summed E-state index contributed by atoms with van der Waals surface area (Å²) in [5.41, 5.74) is 1.77. The number of benzene rings is 1. The van der Waals surface area contributed by atoms with Crippen LogP contribution in [0.25, 0.3) is 0 Å². The first kappa shape index (κ1) is 11.9. The van der Waals surface area contributed by atoms with Gasteiger partial charge >= 0.3 is 0 Å². The molecule has 0 aliphatic rings. The summed E-state index contributed by atoms with van der Waals surface area (Å²) in [6.45, 7) is 2.70. The van der Waals surface area contributed by atoms with Gasteiger partial charge in [-0.05, 0) is 32.6 Å². The van der Waals surface area contributed by atoms with E-state index in [0.717, 1.165) is 11.1 Å². The van der Waals surface area contributed by atoms with Gasteiger partial charge in [-0.2, -0.15) is 0 Å². The van der Waals surface area contributed by atoms with Gasteiger partial charge in [-0.1, -0.05) is 18.2 Å². The Morgan fingerprint density at radius 3 is 2.73 bits per heavy atom. The fourth-order valence-corrected chi connectivity index (χ4v) is 1.23. The fourth-order valence-electron chi connectivity index (χ4n) is 1.23. The van der Waals surface area contributed by atoms with E-state index in [1.54, 1.807) is 6.92 Å². The van der Waals surface area contributed by atoms with E-state index in [-0.39, 0.29) is 5.78 Å². The van der Waals surface area contributed by atoms with Gasteiger partial charge in [0.05, 0.1) is 13.3 Å². The molecule has 0 fully saturated rings. The van der Waals surface area contributed by atoms with Crippen LogP contribution in [0.3, 0.4) is 0 Å². The fraction of sp³-hybridized carbons (Fsp3) is 0.417. The van der Waals surface area contributed by atoms with Gasteiger partial charge < -0.3 is 4.74 Å². The molecule has 0 saturated carbocycles. The second-order valence-corrected chi connectivity index (χ2v) is 3.81. The smallest absolute Gasteiger partial charge is 0.159 e. The van der Waals surface area contributed by atoms with Gasteiger partial charge in [0.15, 0.2) is 5.78 Å². The number of Topliss-reactive ketones (excluding diaryl/α,β-unsaturated/α-hetero) is 1. The molecule has 1 aromatic carbocycles. The number of hydrogen-bond donors (Lipinski definition) is 0. The van der Waals surface area contributed by atoms with Crippen LogP contribution in [0.4, 0.5) is 0 Å². The predicted molar refractivity (Wildman–Crippen MR) is 59.8 cm³/mol. The van der Waals surface area contributed by atoms with Gasteiger partial charge in [-0.15, -0.1) is 0 Å². The quantitative estimate of drug-likeness (QED) is 0.545. The van der Waals surface area contributed by atoms with Crippen LogP contribution in [0.2, 0.25) is 0 Å². The number of ketones is 1. The summed E-state index contributed by atoms with van der Waals surface area (Å²) >= 11 is 0. The average molecular weight is 207 g/mol. The first-order valence-corrected chi connectivity index (χ1v) is 4.92. The summed E-state index contributed by atoms with van der Waals surface area (Å²) in [5, 5.41) is 0. The average Bonchev–Trinajstić information content (AvgIpc) is 2.17. The third-order valence-electron chi connectivity index (χ3n) is 1.95. The first-order valence-electron chi connectivity index (χ1n) is 4.92. The zero-order valence-electron chi connectivity index (χ0n) is 9.49. The second-order valence-electron chi connectivity index (χ2n) is 3.81. The summed E-state index contributed by atoms with van der Waals surface area (Å²) in [6.07, 6.45) is 0. The molecule has 3 nitrogen and oxygen atoms in total. The van der Waals surface area contributed by atoms with Crippen molar-refractivity contribution in [3.63, 3.8) is 0 Å². The Kier molecular flexibility index (Phi) is 4.46. The van der Waals surface area contributed by atoms with Crippen molar-refractivity contribution in [1.82, 2.24) is 4.90 Å². The molecule has 0 aliphatic heterocycles. The van der Waals surface area contributed by atoms with E-state index in [4.69, 9.17) is 4.74 Å². The molecule has 0 spiro atoms. The van der Waals surface area contributed by atoms with Crippen LogP contribution in [-0.2, 0) is 11.3 Å². The Morgan fingerprint density at radius 2 is 2.13 bits per heavy atom. The number of carbonyl (C=O) groups excluding carboxylic acids is 1. The zero-order chi connectivity index (χ0) is 11.3. The Bertz CT molecular complexity index is 334. The predicted octanol–water partition coefficient (Wildman–Crippen LogP) is 1.92. The summed E-state index contributed by atoms with van der Waals surface area (Å²) in [6, 6.07) is 7.53. The highest BCUT2D eigenvalue weighted by Gasteiger charge is 2.00. The lowest BCUT2D eigenvalue weighted by Crippen LogP contribution is -2.15. The minimum absolute atomic E-state index is 0.0875. The topological polar surface area (TPSA) is 29.5 Å². The normalized spacial score (nSPS) is 10.7. The van der Waals surface area contributed by atoms with Crippen molar-refractivity contribution < 1.29 is 9.53 Å². The highest BCUT2D eigenvalue weighted by Crippen LogP contribution is 2.07. The highest BCUT2D eigenvalue weighted by atomic mass is 16.5. The molecule has 0 aromatic heterocycles. The summed E-state index contributed by atoms with van der Waals surface area (Å²) < 4.78 is 5.43. The molecule has 0 radical (unpaired) electrons. The Balaban J connectivity index is 2.54. The molecule has 0 bridgehead atoms. The van der Waals surface area contributed by atoms with Gasteiger partial charge in [-0.3, -0.25) is 9.69 Å². The third kappa shape index (κ3) is 4.23. The number of nitrogens with zero attached hydrogens (tertiary/aromatic N) is 1. The van der Waals surface area contributed by atoms with Crippen molar-refractivity contribution in [2.45, 2.75) is 13.5 Å². The van der Waals surface area contributed by atoms with Crippen molar-refractivity contribution >= 4 is 5.78 Å². The number of carbonyl (C=O) groups is 1. The van der Waals surface area contributed by atoms with Gasteiger partial charge in [0.2, 0.25) is 0 Å². The van der Waals surface area contributed by atoms with Crippen LogP contribution in [0.15, 0.2) is 24.3 Å². The Morgan fingerprint density at radius 1 is 1.40 bits per heavy atom. The maximum Gasteiger partial charge on any atom is 0.159 e. The van der Waals surface area contributed by atoms with E-state index in [0.29, 0.717) is 13.3 Å². The summed E-state index contributed by atoms with van der Waals surface area (Å²) in [7, 11) is 3.90. The maximum absolute atomic E-state index is 11.1. The summed E-state index contributed by atoms with van der Waals surface area (Å²) in [5.74, 6) is 0.0875. The Hall–Kier alpha value is -1.19. The molecular weight excluding hydrogens is 190 g/mol. The van der Waals surface area contributed by atoms with E-state index < -0.39 is 0 Å². The zero-order valence-corrected chi connectivity index (χ0v) is 9.49. The molecular formula is C12H17NO2. The SMILES string of the molecule is CC(=O)c1cccc(COCN(C)C)c1. The first-order chi connectivity index (χ1) is 7.09. The summed E-state index contributed by atoms with van der Waals surface area (Å²) in [4.78, 5) is 13.1. The highest BCUT2D eigenvalue weighted by molar-refractivity contribution is 5.94. The van der Waals surface area contributed by atoms with Gasteiger partial charge in [-0.25, -0.2) is 0 Å². The van der Waals surface area contributed by atoms with Crippen LogP contribution >= 0.6 is 0 Å². The number of hydrogen-bond acceptors (Lipinski definition) is 3. The van der Waals surface area contributed by atoms with Crippen molar-refractivity contribution in [1.29, 1.82) is 0 Å². The Labute approximate surface area is 90.7 Å². The van der Waals surface area contributed by atoms with E-state index in [9.17, 15) is 4.79 Å². The molecule has 82 valence electrons. The van der Waals surface area contributed by atoms with Crippen LogP contribution < -0.4 is 0 Å². The minimum atomic E-state index is 0.0875. The van der Waals surface area contributed by atoms with Crippen molar-refractivity contribution in [2.75, 3.05) is 20.8 Å². The largest absolute Gasteiger partial charge is 0.361 e. The molecule has 0 saturated heterocycles. The van der Waals surface area contributed by atoms with E-state index >= 15 is 0 Å².